The molecule has 2 aromatic heterocycles. The summed E-state index contributed by atoms with van der Waals surface area (Å²) in [6.07, 6.45) is 0.109. The van der Waals surface area contributed by atoms with Gasteiger partial charge in [0.2, 0.25) is 0 Å². The Kier molecular flexibility index (Phi) is 1.79. The van der Waals surface area contributed by atoms with Crippen LogP contribution in [0.4, 0.5) is 4.39 Å². The molecule has 0 radical (unpaired) electrons. The molecule has 0 aliphatic carbocycles. The number of carbonyl (C=O) groups is 1. The average Bonchev–Trinajstić information content (AvgIpc) is 2.85. The maximum atomic E-state index is 14.2. The number of hydrogen-bond donors (Lipinski definition) is 1. The molecule has 6 heteroatoms. The maximum Gasteiger partial charge on any atom is 0.253 e. The number of halogens is 2. The van der Waals surface area contributed by atoms with Gasteiger partial charge in [0.15, 0.2) is 5.82 Å². The maximum absolute atomic E-state index is 14.2. The smallest absolute Gasteiger partial charge is 0.253 e. The summed E-state index contributed by atoms with van der Waals surface area (Å²) in [5.41, 5.74) is -0.303. The lowest BCUT2D eigenvalue weighted by Crippen LogP contribution is -2.32. The second kappa shape index (κ2) is 4.20. The highest BCUT2D eigenvalue weighted by molar-refractivity contribution is 9.10. The molecule has 0 fully saturated rings. The largest absolute Gasteiger partial charge is 0.352 e. The molecule has 1 N–H and O–H groups in total. The van der Waals surface area contributed by atoms with Gasteiger partial charge in [-0.1, -0.05) is 0 Å². The van der Waals surface area contributed by atoms with Crippen LogP contribution in [0.5, 0.6) is 0 Å². The molecule has 92 valence electrons. The monoisotopic (exact) mass is 313 g/mol. The number of nitrogens with zero attached hydrogens (tertiary/aromatic N) is 2. The summed E-state index contributed by atoms with van der Waals surface area (Å²) in [6.45, 7) is -2.62. The predicted molar refractivity (Wildman–Crippen MR) is 67.3 cm³/mol. The van der Waals surface area contributed by atoms with E-state index in [-0.39, 0.29) is 21.5 Å². The Morgan fingerprint density at radius 1 is 1.56 bits per heavy atom. The summed E-state index contributed by atoms with van der Waals surface area (Å²) in [7, 11) is 0. The lowest BCUT2D eigenvalue weighted by Gasteiger charge is -2.16. The van der Waals surface area contributed by atoms with Crippen molar-refractivity contribution in [3.63, 3.8) is 0 Å². The Balaban J connectivity index is 2.31. The highest BCUT2D eigenvalue weighted by Crippen LogP contribution is 2.24. The van der Waals surface area contributed by atoms with Crippen molar-refractivity contribution in [3.05, 3.63) is 46.2 Å². The predicted octanol–water partition coefficient (Wildman–Crippen LogP) is 2.06. The first kappa shape index (κ1) is 7.68. The van der Waals surface area contributed by atoms with E-state index in [9.17, 15) is 9.18 Å². The molecule has 3 rings (SSSR count). The zero-order valence-corrected chi connectivity index (χ0v) is 10.5. The first-order valence-corrected chi connectivity index (χ1v) is 5.81. The highest BCUT2D eigenvalue weighted by Gasteiger charge is 2.22. The van der Waals surface area contributed by atoms with Gasteiger partial charge in [0.25, 0.3) is 5.91 Å². The fraction of sp³-hybridized carbons (Fsp3) is 0.167. The van der Waals surface area contributed by atoms with Crippen molar-refractivity contribution in [1.29, 1.82) is 0 Å². The quantitative estimate of drug-likeness (QED) is 0.819. The van der Waals surface area contributed by atoms with Crippen molar-refractivity contribution in [3.8, 4) is 5.69 Å². The van der Waals surface area contributed by atoms with Crippen LogP contribution >= 0.6 is 15.9 Å². The van der Waals surface area contributed by atoms with E-state index < -0.39 is 24.6 Å². The second-order valence-corrected chi connectivity index (χ2v) is 4.34. The minimum absolute atomic E-state index is 0.0301. The zero-order chi connectivity index (χ0) is 16.3. The Morgan fingerprint density at radius 3 is 3.22 bits per heavy atom. The first-order chi connectivity index (χ1) is 10.2. The first-order valence-electron chi connectivity index (χ1n) is 7.01. The standard InChI is InChI=1S/C12H9BrFN3O/c13-11-10(14)9(2-4-15-11)17-6-3-7-8(17)1-5-16-12(7)18/h2-4,6H,1,5H2,(H,16,18)/i1D2,5D2. The average molecular weight is 314 g/mol. The van der Waals surface area contributed by atoms with Crippen LogP contribution in [0.2, 0.25) is 0 Å². The van der Waals surface area contributed by atoms with E-state index in [0.29, 0.717) is 0 Å². The summed E-state index contributed by atoms with van der Waals surface area (Å²) >= 11 is 2.94. The number of hydrogen-bond acceptors (Lipinski definition) is 2. The van der Waals surface area contributed by atoms with Gasteiger partial charge < -0.3 is 9.88 Å². The molecule has 0 aromatic carbocycles. The Bertz CT molecular complexity index is 793. The zero-order valence-electron chi connectivity index (χ0n) is 12.9. The minimum Gasteiger partial charge on any atom is -0.352 e. The minimum atomic E-state index is -2.62. The molecule has 1 aliphatic rings. The molecule has 0 unspecified atom stereocenters. The summed E-state index contributed by atoms with van der Waals surface area (Å²) < 4.78 is 46.8. The van der Waals surface area contributed by atoms with E-state index in [2.05, 4.69) is 20.9 Å². The number of amides is 1. The van der Waals surface area contributed by atoms with E-state index in [4.69, 9.17) is 5.48 Å². The van der Waals surface area contributed by atoms with Gasteiger partial charge in [0.1, 0.15) is 4.60 Å². The lowest BCUT2D eigenvalue weighted by molar-refractivity contribution is 0.0945. The Morgan fingerprint density at radius 2 is 2.39 bits per heavy atom. The van der Waals surface area contributed by atoms with Crippen molar-refractivity contribution in [2.45, 2.75) is 6.37 Å². The second-order valence-electron chi connectivity index (χ2n) is 3.59. The van der Waals surface area contributed by atoms with Crippen LogP contribution < -0.4 is 5.32 Å². The summed E-state index contributed by atoms with van der Waals surface area (Å²) in [6, 6.07) is 2.64. The van der Waals surface area contributed by atoms with Gasteiger partial charge in [0.05, 0.1) is 11.3 Å². The number of rotatable bonds is 1. The van der Waals surface area contributed by atoms with Crippen LogP contribution in [0.3, 0.4) is 0 Å². The summed E-state index contributed by atoms with van der Waals surface area (Å²) in [4.78, 5) is 15.7. The van der Waals surface area contributed by atoms with Crippen LogP contribution in [0.15, 0.2) is 29.1 Å². The number of carbonyl (C=O) groups excluding carboxylic acids is 1. The molecule has 0 saturated carbocycles. The molecule has 3 heterocycles. The summed E-state index contributed by atoms with van der Waals surface area (Å²) in [5.74, 6) is -1.48. The number of nitrogens with one attached hydrogen (secondary N) is 1. The fourth-order valence-electron chi connectivity index (χ4n) is 1.75. The van der Waals surface area contributed by atoms with Crippen molar-refractivity contribution in [2.75, 3.05) is 6.50 Å². The molecule has 1 aliphatic heterocycles. The van der Waals surface area contributed by atoms with Crippen LogP contribution in [0.25, 0.3) is 5.69 Å². The molecule has 4 nitrogen and oxygen atoms in total. The third kappa shape index (κ3) is 1.64. The van der Waals surface area contributed by atoms with Crippen molar-refractivity contribution in [1.82, 2.24) is 14.9 Å². The van der Waals surface area contributed by atoms with E-state index in [1.54, 1.807) is 0 Å². The van der Waals surface area contributed by atoms with Gasteiger partial charge in [-0.05, 0) is 28.1 Å². The van der Waals surface area contributed by atoms with Crippen molar-refractivity contribution >= 4 is 21.8 Å². The van der Waals surface area contributed by atoms with Crippen molar-refractivity contribution < 1.29 is 14.7 Å². The molecule has 0 saturated heterocycles. The Labute approximate surface area is 117 Å². The molecule has 2 aromatic rings. The third-order valence-corrected chi connectivity index (χ3v) is 3.13. The number of pyridine rings is 1. The molecule has 0 bridgehead atoms. The van der Waals surface area contributed by atoms with Gasteiger partial charge in [-0.15, -0.1) is 0 Å². The van der Waals surface area contributed by atoms with Gasteiger partial charge in [0, 0.05) is 36.4 Å². The number of fused-ring (bicyclic) bond motifs is 1. The lowest BCUT2D eigenvalue weighted by atomic mass is 10.1. The molecule has 0 atom stereocenters. The van der Waals surface area contributed by atoms with E-state index in [1.165, 1.54) is 24.5 Å². The van der Waals surface area contributed by atoms with Crippen LogP contribution in [-0.4, -0.2) is 22.0 Å². The molecular formula is C12H9BrFN3O. The highest BCUT2D eigenvalue weighted by atomic mass is 79.9. The third-order valence-electron chi connectivity index (χ3n) is 2.57. The normalized spacial score (nSPS) is 23.1. The molecule has 1 amide bonds. The van der Waals surface area contributed by atoms with Crippen molar-refractivity contribution in [2.24, 2.45) is 0 Å². The van der Waals surface area contributed by atoms with E-state index in [0.717, 1.165) is 4.57 Å². The molecule has 0 spiro atoms. The van der Waals surface area contributed by atoms with Gasteiger partial charge in [-0.3, -0.25) is 4.79 Å². The Hall–Kier alpha value is -1.69. The van der Waals surface area contributed by atoms with E-state index >= 15 is 0 Å². The number of aromatic nitrogens is 2. The topological polar surface area (TPSA) is 46.9 Å². The van der Waals surface area contributed by atoms with Gasteiger partial charge in [-0.25, -0.2) is 9.37 Å². The van der Waals surface area contributed by atoms with Crippen LogP contribution in [-0.2, 0) is 6.37 Å². The van der Waals surface area contributed by atoms with Gasteiger partial charge in [-0.2, -0.15) is 0 Å². The molecule has 18 heavy (non-hydrogen) atoms. The fourth-order valence-corrected chi connectivity index (χ4v) is 2.07. The molecular weight excluding hydrogens is 301 g/mol. The van der Waals surface area contributed by atoms with Crippen LogP contribution in [0, 0.1) is 5.82 Å². The summed E-state index contributed by atoms with van der Waals surface area (Å²) in [5, 5.41) is 1.98. The van der Waals surface area contributed by atoms with Crippen LogP contribution in [0.1, 0.15) is 21.5 Å². The van der Waals surface area contributed by atoms with E-state index in [1.807, 2.05) is 5.32 Å². The van der Waals surface area contributed by atoms with Gasteiger partial charge >= 0.3 is 0 Å². The SMILES string of the molecule is [2H]C1([2H])NC(=O)c2ccn(-c3ccnc(Br)c3F)c2C1([2H])[2H].